The Labute approximate surface area is 181 Å². The van der Waals surface area contributed by atoms with Crippen LogP contribution in [0.15, 0.2) is 24.3 Å². The van der Waals surface area contributed by atoms with Crippen molar-refractivity contribution in [1.82, 2.24) is 0 Å². The second kappa shape index (κ2) is 7.95. The fourth-order valence-electron chi connectivity index (χ4n) is 3.28. The highest BCUT2D eigenvalue weighted by atomic mass is 28.3. The third-order valence-corrected chi connectivity index (χ3v) is 6.94. The van der Waals surface area contributed by atoms with Gasteiger partial charge in [-0.2, -0.15) is 52.7 Å². The molecule has 0 aliphatic rings. The zero-order chi connectivity index (χ0) is 25.9. The highest BCUT2D eigenvalue weighted by molar-refractivity contribution is 6.88. The Morgan fingerprint density at radius 2 is 0.818 bits per heavy atom. The molecule has 0 fully saturated rings. The molecule has 0 N–H and O–H groups in total. The summed E-state index contributed by atoms with van der Waals surface area (Å²) in [6, 6.07) is 0.519. The Morgan fingerprint density at radius 3 is 1.06 bits per heavy atom. The fourth-order valence-corrected chi connectivity index (χ4v) is 4.44. The normalized spacial score (nSPS) is 14.1. The highest BCUT2D eigenvalue weighted by Gasteiger charge is 2.45. The molecule has 0 nitrogen and oxygen atoms in total. The van der Waals surface area contributed by atoms with E-state index in [1.165, 1.54) is 19.6 Å². The van der Waals surface area contributed by atoms with Gasteiger partial charge in [0.15, 0.2) is 0 Å². The maximum atomic E-state index is 13.8. The predicted molar refractivity (Wildman–Crippen MR) is 99.6 cm³/mol. The van der Waals surface area contributed by atoms with Crippen molar-refractivity contribution in [3.8, 4) is 11.1 Å². The van der Waals surface area contributed by atoms with Gasteiger partial charge >= 0.3 is 24.7 Å². The molecule has 184 valence electrons. The summed E-state index contributed by atoms with van der Waals surface area (Å²) in [5.74, 6) is 0. The number of halogens is 12. The highest BCUT2D eigenvalue weighted by Crippen LogP contribution is 2.48. The topological polar surface area (TPSA) is 0 Å². The molecule has 0 unspecified atom stereocenters. The van der Waals surface area contributed by atoms with Gasteiger partial charge in [-0.05, 0) is 30.2 Å². The fraction of sp³-hybridized carbons (Fsp3) is 0.400. The Kier molecular flexibility index (Phi) is 6.52. The molecular formula is C20H16F12Si. The van der Waals surface area contributed by atoms with Crippen LogP contribution >= 0.6 is 0 Å². The van der Waals surface area contributed by atoms with E-state index in [-0.39, 0.29) is 17.3 Å². The summed E-state index contributed by atoms with van der Waals surface area (Å²) in [6.45, 7) is 4.77. The van der Waals surface area contributed by atoms with Crippen molar-refractivity contribution in [3.63, 3.8) is 0 Å². The minimum absolute atomic E-state index is 0.113. The van der Waals surface area contributed by atoms with Gasteiger partial charge in [0.05, 0.1) is 30.3 Å². The van der Waals surface area contributed by atoms with Crippen LogP contribution < -0.4 is 5.19 Å². The van der Waals surface area contributed by atoms with Gasteiger partial charge in [0, 0.05) is 5.56 Å². The molecule has 13 heteroatoms. The minimum atomic E-state index is -5.49. The lowest BCUT2D eigenvalue weighted by Crippen LogP contribution is -2.39. The maximum Gasteiger partial charge on any atom is 0.417 e. The van der Waals surface area contributed by atoms with Gasteiger partial charge in [0.2, 0.25) is 0 Å². The van der Waals surface area contributed by atoms with E-state index in [4.69, 9.17) is 0 Å². The average molecular weight is 512 g/mol. The van der Waals surface area contributed by atoms with Gasteiger partial charge in [-0.1, -0.05) is 37.0 Å². The summed E-state index contributed by atoms with van der Waals surface area (Å²) in [6.07, 6.45) is -21.9. The van der Waals surface area contributed by atoms with Crippen molar-refractivity contribution >= 4 is 13.3 Å². The molecule has 33 heavy (non-hydrogen) atoms. The molecule has 0 spiro atoms. The average Bonchev–Trinajstić information content (AvgIpc) is 2.56. The van der Waals surface area contributed by atoms with E-state index >= 15 is 0 Å². The van der Waals surface area contributed by atoms with Gasteiger partial charge in [0.1, 0.15) is 0 Å². The Bertz CT molecular complexity index is 977. The molecule has 0 aliphatic heterocycles. The van der Waals surface area contributed by atoms with Crippen molar-refractivity contribution in [3.05, 3.63) is 52.1 Å². The second-order valence-electron chi connectivity index (χ2n) is 8.38. The molecule has 0 amide bonds. The second-order valence-corrected chi connectivity index (χ2v) is 13.5. The zero-order valence-corrected chi connectivity index (χ0v) is 18.3. The van der Waals surface area contributed by atoms with E-state index in [0.29, 0.717) is 19.1 Å². The number of alkyl halides is 12. The number of rotatable bonds is 2. The first-order valence-corrected chi connectivity index (χ1v) is 12.6. The third-order valence-electron chi connectivity index (χ3n) is 4.92. The largest absolute Gasteiger partial charge is 0.417 e. The molecule has 0 heterocycles. The molecule has 0 aromatic heterocycles. The molecule has 0 atom stereocenters. The molecule has 0 saturated heterocycles. The Balaban J connectivity index is 3.18. The van der Waals surface area contributed by atoms with Crippen LogP contribution in [0.25, 0.3) is 11.1 Å². The van der Waals surface area contributed by atoms with E-state index in [1.807, 2.05) is 0 Å². The Hall–Kier alpha value is -2.18. The smallest absolute Gasteiger partial charge is 0.166 e. The van der Waals surface area contributed by atoms with Gasteiger partial charge in [-0.15, -0.1) is 0 Å². The van der Waals surface area contributed by atoms with E-state index in [9.17, 15) is 52.7 Å². The monoisotopic (exact) mass is 512 g/mol. The maximum absolute atomic E-state index is 13.8. The van der Waals surface area contributed by atoms with Gasteiger partial charge in [0.25, 0.3) is 0 Å². The van der Waals surface area contributed by atoms with E-state index < -0.39 is 71.7 Å². The van der Waals surface area contributed by atoms with E-state index in [1.54, 1.807) is 0 Å². The minimum Gasteiger partial charge on any atom is -0.166 e. The lowest BCUT2D eigenvalue weighted by Gasteiger charge is -2.26. The molecular weight excluding hydrogens is 496 g/mol. The first kappa shape index (κ1) is 27.1. The first-order valence-electron chi connectivity index (χ1n) is 9.08. The lowest BCUT2D eigenvalue weighted by atomic mass is 9.89. The summed E-state index contributed by atoms with van der Waals surface area (Å²) >= 11 is 0. The zero-order valence-electron chi connectivity index (χ0n) is 17.3. The molecule has 2 aromatic rings. The van der Waals surface area contributed by atoms with Crippen LogP contribution in [-0.4, -0.2) is 8.07 Å². The van der Waals surface area contributed by atoms with Crippen LogP contribution in [-0.2, 0) is 24.7 Å². The summed E-state index contributed by atoms with van der Waals surface area (Å²) < 4.78 is 163. The predicted octanol–water partition coefficient (Wildman–Crippen LogP) is 8.28. The molecule has 0 saturated carbocycles. The summed E-state index contributed by atoms with van der Waals surface area (Å²) in [4.78, 5) is 0. The van der Waals surface area contributed by atoms with Crippen LogP contribution in [0.3, 0.4) is 0 Å². The van der Waals surface area contributed by atoms with Gasteiger partial charge in [-0.3, -0.25) is 0 Å². The van der Waals surface area contributed by atoms with Crippen molar-refractivity contribution in [2.75, 3.05) is 0 Å². The lowest BCUT2D eigenvalue weighted by molar-refractivity contribution is -0.144. The van der Waals surface area contributed by atoms with Crippen molar-refractivity contribution < 1.29 is 52.7 Å². The molecule has 0 radical (unpaired) electrons. The number of hydrogen-bond acceptors (Lipinski definition) is 0. The van der Waals surface area contributed by atoms with E-state index in [2.05, 4.69) is 0 Å². The van der Waals surface area contributed by atoms with Crippen LogP contribution in [0.1, 0.15) is 27.8 Å². The van der Waals surface area contributed by atoms with Gasteiger partial charge < -0.3 is 0 Å². The van der Waals surface area contributed by atoms with Gasteiger partial charge in [-0.25, -0.2) is 0 Å². The van der Waals surface area contributed by atoms with Crippen molar-refractivity contribution in [2.24, 2.45) is 0 Å². The van der Waals surface area contributed by atoms with Crippen LogP contribution in [0.4, 0.5) is 52.7 Å². The standard InChI is InChI=1S/C20H16F12Si/c1-9-12(17(21,22)23)5-10(6-13(9)18(24,25)26)16-14(19(27,28)29)7-11(33(2,3)4)8-15(16)20(30,31)32/h5-8H,1-4H3. The Morgan fingerprint density at radius 1 is 0.515 bits per heavy atom. The first-order chi connectivity index (χ1) is 14.5. The quantitative estimate of drug-likeness (QED) is 0.281. The summed E-state index contributed by atoms with van der Waals surface area (Å²) in [7, 11) is -2.83. The number of benzene rings is 2. The SMILES string of the molecule is Cc1c(C(F)(F)F)cc(-c2c(C(F)(F)F)cc([Si](C)(C)C)cc2C(F)(F)F)cc1C(F)(F)F. The molecule has 0 bridgehead atoms. The van der Waals surface area contributed by atoms with Crippen LogP contribution in [0.2, 0.25) is 19.6 Å². The van der Waals surface area contributed by atoms with Crippen molar-refractivity contribution in [2.45, 2.75) is 51.3 Å². The molecule has 0 aliphatic carbocycles. The third kappa shape index (κ3) is 5.67. The molecule has 2 rings (SSSR count). The number of hydrogen-bond donors (Lipinski definition) is 0. The molecule has 2 aromatic carbocycles. The van der Waals surface area contributed by atoms with Crippen molar-refractivity contribution in [1.29, 1.82) is 0 Å². The van der Waals surface area contributed by atoms with Crippen LogP contribution in [0, 0.1) is 6.92 Å². The summed E-state index contributed by atoms with van der Waals surface area (Å²) in [5, 5.41) is -0.315. The van der Waals surface area contributed by atoms with E-state index in [0.717, 1.165) is 0 Å². The van der Waals surface area contributed by atoms with Crippen LogP contribution in [0.5, 0.6) is 0 Å². The summed E-state index contributed by atoms with van der Waals surface area (Å²) in [5.41, 5.74) is -12.5.